The highest BCUT2D eigenvalue weighted by Crippen LogP contribution is 2.44. The lowest BCUT2D eigenvalue weighted by atomic mass is 9.91. The van der Waals surface area contributed by atoms with Crippen LogP contribution in [0.3, 0.4) is 0 Å². The number of likely N-dealkylation sites (N-methyl/N-ethyl adjacent to an activating group) is 1. The van der Waals surface area contributed by atoms with Crippen molar-refractivity contribution in [1.29, 1.82) is 0 Å². The summed E-state index contributed by atoms with van der Waals surface area (Å²) in [6.07, 6.45) is 8.30. The molecule has 1 aromatic carbocycles. The molecule has 5 rings (SSSR count). The van der Waals surface area contributed by atoms with Crippen molar-refractivity contribution in [3.8, 4) is 16.9 Å². The lowest BCUT2D eigenvalue weighted by Gasteiger charge is -2.36. The first-order chi connectivity index (χ1) is 14.0. The van der Waals surface area contributed by atoms with Gasteiger partial charge in [0.2, 0.25) is 0 Å². The number of fused-ring (bicyclic) bond motifs is 1. The zero-order valence-electron chi connectivity index (χ0n) is 17.0. The number of amides is 1. The van der Waals surface area contributed by atoms with Gasteiger partial charge < -0.3 is 14.7 Å². The van der Waals surface area contributed by atoms with Crippen molar-refractivity contribution in [1.82, 2.24) is 14.7 Å². The second kappa shape index (κ2) is 7.06. The van der Waals surface area contributed by atoms with Crippen LogP contribution in [-0.2, 0) is 6.42 Å². The van der Waals surface area contributed by atoms with Gasteiger partial charge in [0.15, 0.2) is 0 Å². The third kappa shape index (κ3) is 3.17. The highest BCUT2D eigenvalue weighted by molar-refractivity contribution is 5.91. The number of aromatic nitrogens is 2. The Morgan fingerprint density at radius 3 is 2.69 bits per heavy atom. The molecule has 1 saturated heterocycles. The maximum Gasteiger partial charge on any atom is 0.412 e. The van der Waals surface area contributed by atoms with Crippen LogP contribution in [0.1, 0.15) is 44.2 Å². The number of carboxylic acid groups (broad SMARTS) is 1. The molecule has 3 aliphatic rings. The summed E-state index contributed by atoms with van der Waals surface area (Å²) < 4.78 is 8.51. The molecule has 0 spiro atoms. The van der Waals surface area contributed by atoms with Gasteiger partial charge in [0.1, 0.15) is 5.75 Å². The molecule has 0 unspecified atom stereocenters. The number of carbonyl (C=O) groups is 1. The molecule has 7 heteroatoms. The zero-order valence-corrected chi connectivity index (χ0v) is 17.0. The van der Waals surface area contributed by atoms with E-state index in [4.69, 9.17) is 4.74 Å². The molecule has 1 aromatic heterocycles. The summed E-state index contributed by atoms with van der Waals surface area (Å²) in [6, 6.07) is 4.34. The van der Waals surface area contributed by atoms with Crippen molar-refractivity contribution in [2.24, 2.45) is 0 Å². The Morgan fingerprint density at radius 1 is 1.24 bits per heavy atom. The van der Waals surface area contributed by atoms with Crippen molar-refractivity contribution in [3.63, 3.8) is 0 Å². The smallest absolute Gasteiger partial charge is 0.412 e. The molecule has 3 heterocycles. The standard InChI is InChI=1S/C22H28N4O3/c1-14-6-7-19-20(26(14)22(27)28)9-8-18(21(19)29-17-4-3-5-17)15-10-23-25(11-15)16-12-24(2)13-16/h8-11,14,16-17H,3-7,12-13H2,1-2H3,(H,27,28)/t14-/m0/s1. The van der Waals surface area contributed by atoms with E-state index in [1.165, 1.54) is 11.3 Å². The molecule has 154 valence electrons. The number of rotatable bonds is 4. The molecular weight excluding hydrogens is 368 g/mol. The minimum absolute atomic E-state index is 0.0271. The van der Waals surface area contributed by atoms with Gasteiger partial charge in [-0.2, -0.15) is 5.10 Å². The van der Waals surface area contributed by atoms with Crippen molar-refractivity contribution < 1.29 is 14.6 Å². The van der Waals surface area contributed by atoms with Gasteiger partial charge >= 0.3 is 6.09 Å². The highest BCUT2D eigenvalue weighted by Gasteiger charge is 2.33. The normalized spacial score (nSPS) is 22.7. The summed E-state index contributed by atoms with van der Waals surface area (Å²) >= 11 is 0. The summed E-state index contributed by atoms with van der Waals surface area (Å²) in [5.74, 6) is 0.857. The summed E-state index contributed by atoms with van der Waals surface area (Å²) in [6.45, 7) is 4.00. The van der Waals surface area contributed by atoms with Crippen LogP contribution in [0, 0.1) is 0 Å². The topological polar surface area (TPSA) is 70.8 Å². The van der Waals surface area contributed by atoms with Gasteiger partial charge in [-0.1, -0.05) is 0 Å². The number of likely N-dealkylation sites (tertiary alicyclic amines) is 1. The fourth-order valence-electron chi connectivity index (χ4n) is 4.62. The van der Waals surface area contributed by atoms with Crippen LogP contribution in [0.2, 0.25) is 0 Å². The Labute approximate surface area is 170 Å². The molecule has 2 aromatic rings. The lowest BCUT2D eigenvalue weighted by Crippen LogP contribution is -2.45. The van der Waals surface area contributed by atoms with E-state index in [1.54, 1.807) is 0 Å². The van der Waals surface area contributed by atoms with E-state index < -0.39 is 6.09 Å². The van der Waals surface area contributed by atoms with E-state index in [9.17, 15) is 9.90 Å². The van der Waals surface area contributed by atoms with Crippen molar-refractivity contribution in [2.75, 3.05) is 25.0 Å². The number of nitrogens with zero attached hydrogens (tertiary/aromatic N) is 4. The van der Waals surface area contributed by atoms with Gasteiger partial charge in [-0.15, -0.1) is 0 Å². The SMILES string of the molecule is C[C@H]1CCc2c(ccc(-c3cnn(C4CN(C)C4)c3)c2OC2CCC2)N1C(=O)O. The molecule has 2 fully saturated rings. The largest absolute Gasteiger partial charge is 0.489 e. The van der Waals surface area contributed by atoms with E-state index in [-0.39, 0.29) is 12.1 Å². The van der Waals surface area contributed by atoms with Gasteiger partial charge in [-0.25, -0.2) is 4.79 Å². The van der Waals surface area contributed by atoms with Crippen LogP contribution in [0.25, 0.3) is 11.1 Å². The maximum absolute atomic E-state index is 11.9. The number of hydrogen-bond donors (Lipinski definition) is 1. The predicted molar refractivity (Wildman–Crippen MR) is 111 cm³/mol. The predicted octanol–water partition coefficient (Wildman–Crippen LogP) is 3.79. The summed E-state index contributed by atoms with van der Waals surface area (Å²) in [5, 5.41) is 14.4. The fraction of sp³-hybridized carbons (Fsp3) is 0.545. The zero-order chi connectivity index (χ0) is 20.1. The molecule has 0 radical (unpaired) electrons. The average molecular weight is 396 g/mol. The Hall–Kier alpha value is -2.54. The summed E-state index contributed by atoms with van der Waals surface area (Å²) in [7, 11) is 2.12. The third-order valence-corrected chi connectivity index (χ3v) is 6.62. The van der Waals surface area contributed by atoms with E-state index in [0.717, 1.165) is 66.9 Å². The average Bonchev–Trinajstić information content (AvgIpc) is 3.10. The first kappa shape index (κ1) is 18.5. The fourth-order valence-corrected chi connectivity index (χ4v) is 4.62. The Kier molecular flexibility index (Phi) is 4.50. The quantitative estimate of drug-likeness (QED) is 0.851. The molecule has 29 heavy (non-hydrogen) atoms. The van der Waals surface area contributed by atoms with Gasteiger partial charge in [0.25, 0.3) is 0 Å². The van der Waals surface area contributed by atoms with E-state index in [1.807, 2.05) is 29.9 Å². The van der Waals surface area contributed by atoms with Crippen LogP contribution < -0.4 is 9.64 Å². The van der Waals surface area contributed by atoms with Crippen LogP contribution in [0.4, 0.5) is 10.5 Å². The van der Waals surface area contributed by atoms with Crippen molar-refractivity contribution in [2.45, 2.75) is 57.2 Å². The molecule has 1 amide bonds. The van der Waals surface area contributed by atoms with Crippen LogP contribution in [0.15, 0.2) is 24.5 Å². The van der Waals surface area contributed by atoms with Gasteiger partial charge in [-0.3, -0.25) is 9.58 Å². The first-order valence-electron chi connectivity index (χ1n) is 10.6. The molecule has 0 bridgehead atoms. The van der Waals surface area contributed by atoms with Gasteiger partial charge in [0, 0.05) is 42.0 Å². The van der Waals surface area contributed by atoms with Crippen molar-refractivity contribution in [3.05, 3.63) is 30.1 Å². The maximum atomic E-state index is 11.9. The van der Waals surface area contributed by atoms with E-state index in [2.05, 4.69) is 23.2 Å². The molecule has 1 aliphatic carbocycles. The minimum atomic E-state index is -0.900. The van der Waals surface area contributed by atoms with Gasteiger partial charge in [0.05, 0.1) is 24.0 Å². The first-order valence-corrected chi connectivity index (χ1v) is 10.6. The van der Waals surface area contributed by atoms with Crippen molar-refractivity contribution >= 4 is 11.8 Å². The minimum Gasteiger partial charge on any atom is -0.489 e. The summed E-state index contributed by atoms with van der Waals surface area (Å²) in [4.78, 5) is 15.7. The molecule has 1 atom stereocenters. The molecule has 1 N–H and O–H groups in total. The lowest BCUT2D eigenvalue weighted by molar-refractivity contribution is 0.119. The van der Waals surface area contributed by atoms with E-state index in [0.29, 0.717) is 6.04 Å². The van der Waals surface area contributed by atoms with Crippen LogP contribution in [-0.4, -0.2) is 58.2 Å². The van der Waals surface area contributed by atoms with Crippen LogP contribution >= 0.6 is 0 Å². The van der Waals surface area contributed by atoms with E-state index >= 15 is 0 Å². The Bertz CT molecular complexity index is 930. The molecular formula is C22H28N4O3. The van der Waals surface area contributed by atoms with Gasteiger partial charge in [-0.05, 0) is 58.2 Å². The molecule has 7 nitrogen and oxygen atoms in total. The summed E-state index contributed by atoms with van der Waals surface area (Å²) in [5.41, 5.74) is 3.85. The number of benzene rings is 1. The third-order valence-electron chi connectivity index (χ3n) is 6.62. The second-order valence-corrected chi connectivity index (χ2v) is 8.74. The molecule has 1 saturated carbocycles. The Balaban J connectivity index is 1.55. The molecule has 2 aliphatic heterocycles. The number of ether oxygens (including phenoxy) is 1. The second-order valence-electron chi connectivity index (χ2n) is 8.74. The highest BCUT2D eigenvalue weighted by atomic mass is 16.5. The number of hydrogen-bond acceptors (Lipinski definition) is 4. The monoisotopic (exact) mass is 396 g/mol. The number of anilines is 1. The van der Waals surface area contributed by atoms with Crippen LogP contribution in [0.5, 0.6) is 5.75 Å². The Morgan fingerprint density at radius 2 is 2.03 bits per heavy atom.